The number of aliphatic carboxylic acids is 1. The molecule has 0 bridgehead atoms. The van der Waals surface area contributed by atoms with E-state index in [1.807, 2.05) is 13.8 Å². The molecule has 0 unspecified atom stereocenters. The number of carbonyl (C=O) groups is 2. The summed E-state index contributed by atoms with van der Waals surface area (Å²) in [4.78, 5) is 29.4. The SMILES string of the molecule is CCCCc1cn(C(C)(C)C)sc1=NC(=O)[C@H]1CC[C@@](C)(C(=O)O)C1(C)C. The summed E-state index contributed by atoms with van der Waals surface area (Å²) in [7, 11) is 0. The van der Waals surface area contributed by atoms with Crippen LogP contribution in [0.3, 0.4) is 0 Å². The van der Waals surface area contributed by atoms with E-state index in [4.69, 9.17) is 0 Å². The number of unbranched alkanes of at least 4 members (excludes halogenated alkanes) is 1. The van der Waals surface area contributed by atoms with E-state index in [0.717, 1.165) is 29.5 Å². The number of hydrogen-bond donors (Lipinski definition) is 1. The maximum absolute atomic E-state index is 13.1. The minimum atomic E-state index is -0.894. The molecule has 2 atom stereocenters. The molecule has 1 amide bonds. The van der Waals surface area contributed by atoms with Crippen LogP contribution in [0, 0.1) is 16.7 Å². The van der Waals surface area contributed by atoms with Crippen molar-refractivity contribution in [2.45, 2.75) is 86.1 Å². The van der Waals surface area contributed by atoms with Crippen molar-refractivity contribution >= 4 is 23.4 Å². The lowest BCUT2D eigenvalue weighted by molar-refractivity contribution is -0.155. The number of carbonyl (C=O) groups excluding carboxylic acids is 1. The van der Waals surface area contributed by atoms with Gasteiger partial charge < -0.3 is 5.11 Å². The van der Waals surface area contributed by atoms with Crippen LogP contribution in [0.1, 0.15) is 79.7 Å². The van der Waals surface area contributed by atoms with Crippen LogP contribution in [-0.4, -0.2) is 20.9 Å². The van der Waals surface area contributed by atoms with E-state index in [-0.39, 0.29) is 17.4 Å². The molecule has 5 nitrogen and oxygen atoms in total. The molecule has 1 saturated carbocycles. The van der Waals surface area contributed by atoms with Gasteiger partial charge in [-0.1, -0.05) is 27.2 Å². The third-order valence-electron chi connectivity index (χ3n) is 6.40. The summed E-state index contributed by atoms with van der Waals surface area (Å²) in [5.41, 5.74) is -0.465. The van der Waals surface area contributed by atoms with Crippen LogP contribution in [0.15, 0.2) is 11.2 Å². The van der Waals surface area contributed by atoms with Crippen LogP contribution < -0.4 is 4.67 Å². The molecule has 0 saturated heterocycles. The smallest absolute Gasteiger partial charge is 0.309 e. The van der Waals surface area contributed by atoms with Crippen LogP contribution in [0.5, 0.6) is 0 Å². The lowest BCUT2D eigenvalue weighted by Gasteiger charge is -2.37. The van der Waals surface area contributed by atoms with Crippen molar-refractivity contribution in [2.75, 3.05) is 0 Å². The molecule has 152 valence electrons. The molecule has 27 heavy (non-hydrogen) atoms. The Balaban J connectivity index is 2.42. The van der Waals surface area contributed by atoms with Crippen molar-refractivity contribution in [1.82, 2.24) is 3.96 Å². The second-order valence-electron chi connectivity index (χ2n) is 9.55. The Morgan fingerprint density at radius 3 is 2.44 bits per heavy atom. The van der Waals surface area contributed by atoms with Gasteiger partial charge in [-0.25, -0.2) is 4.99 Å². The molecule has 0 aliphatic heterocycles. The van der Waals surface area contributed by atoms with E-state index >= 15 is 0 Å². The molecule has 1 aromatic rings. The highest BCUT2D eigenvalue weighted by atomic mass is 32.1. The fourth-order valence-corrected chi connectivity index (χ4v) is 4.87. The van der Waals surface area contributed by atoms with Crippen molar-refractivity contribution in [3.63, 3.8) is 0 Å². The Labute approximate surface area is 166 Å². The van der Waals surface area contributed by atoms with Gasteiger partial charge in [0.15, 0.2) is 0 Å². The molecule has 1 aliphatic carbocycles. The maximum Gasteiger partial charge on any atom is 0.309 e. The molecule has 0 spiro atoms. The molecule has 1 N–H and O–H groups in total. The number of rotatable bonds is 5. The van der Waals surface area contributed by atoms with E-state index in [9.17, 15) is 14.7 Å². The first kappa shape index (κ1) is 21.9. The standard InChI is InChI=1S/C21H34N2O3S/c1-8-9-10-14-13-23(19(2,3)4)27-17(14)22-16(24)15-11-12-21(7,18(25)26)20(15,5)6/h13,15H,8-12H2,1-7H3,(H,25,26)/t15-,21+/m1/s1. The molecule has 1 heterocycles. The first-order chi connectivity index (χ1) is 12.3. The van der Waals surface area contributed by atoms with E-state index in [0.29, 0.717) is 12.8 Å². The summed E-state index contributed by atoms with van der Waals surface area (Å²) in [5.74, 6) is -1.36. The lowest BCUT2D eigenvalue weighted by Crippen LogP contribution is -2.42. The van der Waals surface area contributed by atoms with Gasteiger partial charge in [0.25, 0.3) is 5.91 Å². The predicted octanol–water partition coefficient (Wildman–Crippen LogP) is 4.60. The number of amides is 1. The maximum atomic E-state index is 13.1. The Kier molecular flexibility index (Phi) is 6.10. The Bertz CT molecular complexity index is 782. The molecule has 1 fully saturated rings. The summed E-state index contributed by atoms with van der Waals surface area (Å²) in [6.07, 6.45) is 6.26. The Morgan fingerprint density at radius 2 is 1.96 bits per heavy atom. The highest BCUT2D eigenvalue weighted by Crippen LogP contribution is 2.56. The van der Waals surface area contributed by atoms with Gasteiger partial charge in [0.1, 0.15) is 4.67 Å². The van der Waals surface area contributed by atoms with Gasteiger partial charge in [0.2, 0.25) is 0 Å². The third kappa shape index (κ3) is 4.05. The van der Waals surface area contributed by atoms with Crippen molar-refractivity contribution < 1.29 is 14.7 Å². The van der Waals surface area contributed by atoms with E-state index in [2.05, 4.69) is 42.8 Å². The van der Waals surface area contributed by atoms with Gasteiger partial charge in [0.05, 0.1) is 5.41 Å². The van der Waals surface area contributed by atoms with Gasteiger partial charge in [-0.15, -0.1) is 0 Å². The summed E-state index contributed by atoms with van der Waals surface area (Å²) < 4.78 is 2.94. The van der Waals surface area contributed by atoms with Crippen molar-refractivity contribution in [3.05, 3.63) is 16.4 Å². The van der Waals surface area contributed by atoms with Gasteiger partial charge >= 0.3 is 5.97 Å². The van der Waals surface area contributed by atoms with E-state index in [1.165, 1.54) is 11.5 Å². The normalized spacial score (nSPS) is 25.7. The van der Waals surface area contributed by atoms with Crippen molar-refractivity contribution in [3.8, 4) is 0 Å². The zero-order valence-electron chi connectivity index (χ0n) is 17.8. The molecule has 2 rings (SSSR count). The molecule has 0 aromatic carbocycles. The van der Waals surface area contributed by atoms with Crippen LogP contribution in [0.25, 0.3) is 0 Å². The predicted molar refractivity (Wildman–Crippen MR) is 109 cm³/mol. The second kappa shape index (κ2) is 7.53. The third-order valence-corrected chi connectivity index (χ3v) is 7.78. The highest BCUT2D eigenvalue weighted by molar-refractivity contribution is 7.04. The summed E-state index contributed by atoms with van der Waals surface area (Å²) in [6.45, 7) is 14.1. The Morgan fingerprint density at radius 1 is 1.33 bits per heavy atom. The zero-order chi connectivity index (χ0) is 20.6. The quantitative estimate of drug-likeness (QED) is 0.793. The number of carboxylic acids is 1. The molecule has 1 aliphatic rings. The molecular weight excluding hydrogens is 360 g/mol. The monoisotopic (exact) mass is 394 g/mol. The van der Waals surface area contributed by atoms with Gasteiger partial charge in [-0.3, -0.25) is 13.5 Å². The van der Waals surface area contributed by atoms with E-state index in [1.54, 1.807) is 6.92 Å². The van der Waals surface area contributed by atoms with Crippen LogP contribution in [0.4, 0.5) is 0 Å². The Hall–Kier alpha value is -1.43. The van der Waals surface area contributed by atoms with Crippen molar-refractivity contribution in [2.24, 2.45) is 21.7 Å². The minimum absolute atomic E-state index is 0.0586. The molecule has 0 radical (unpaired) electrons. The number of aryl methyl sites for hydroxylation is 1. The number of hydrogen-bond acceptors (Lipinski definition) is 3. The van der Waals surface area contributed by atoms with Gasteiger partial charge in [-0.05, 0) is 70.3 Å². The molecular formula is C21H34N2O3S. The average Bonchev–Trinajstić information content (AvgIpc) is 3.05. The average molecular weight is 395 g/mol. The first-order valence-corrected chi connectivity index (χ1v) is 10.7. The summed E-state index contributed by atoms with van der Waals surface area (Å²) in [6, 6.07) is 0. The lowest BCUT2D eigenvalue weighted by atomic mass is 9.65. The van der Waals surface area contributed by atoms with Gasteiger partial charge in [0, 0.05) is 23.2 Å². The summed E-state index contributed by atoms with van der Waals surface area (Å²) >= 11 is 1.52. The fraction of sp³-hybridized carbons (Fsp3) is 0.762. The van der Waals surface area contributed by atoms with Crippen LogP contribution in [0.2, 0.25) is 0 Å². The fourth-order valence-electron chi connectivity index (χ4n) is 3.83. The van der Waals surface area contributed by atoms with Gasteiger partial charge in [-0.2, -0.15) is 0 Å². The van der Waals surface area contributed by atoms with Crippen molar-refractivity contribution in [1.29, 1.82) is 0 Å². The highest BCUT2D eigenvalue weighted by Gasteiger charge is 2.58. The second-order valence-corrected chi connectivity index (χ2v) is 10.5. The van der Waals surface area contributed by atoms with E-state index < -0.39 is 16.8 Å². The number of carboxylic acid groups (broad SMARTS) is 1. The summed E-state index contributed by atoms with van der Waals surface area (Å²) in [5, 5.41) is 9.69. The molecule has 1 aromatic heterocycles. The van der Waals surface area contributed by atoms with Crippen LogP contribution >= 0.6 is 11.5 Å². The topological polar surface area (TPSA) is 71.7 Å². The zero-order valence-corrected chi connectivity index (χ0v) is 18.6. The molecule has 6 heteroatoms. The minimum Gasteiger partial charge on any atom is -0.481 e. The largest absolute Gasteiger partial charge is 0.481 e. The van der Waals surface area contributed by atoms with Crippen LogP contribution in [-0.2, 0) is 21.5 Å². The first-order valence-electron chi connectivity index (χ1n) is 9.89. The number of nitrogens with zero attached hydrogens (tertiary/aromatic N) is 2. The number of aromatic nitrogens is 1.